The minimum Gasteiger partial charge on any atom is -0.492 e. The van der Waals surface area contributed by atoms with Crippen molar-refractivity contribution < 1.29 is 23.4 Å². The fourth-order valence-corrected chi connectivity index (χ4v) is 4.68. The maximum Gasteiger partial charge on any atom is 0.255 e. The third kappa shape index (κ3) is 7.93. The summed E-state index contributed by atoms with van der Waals surface area (Å²) >= 11 is 2.83. The molecule has 3 aromatic rings. The topological polar surface area (TPSA) is 176 Å². The molecule has 0 aliphatic heterocycles. The number of amides is 1. The van der Waals surface area contributed by atoms with E-state index in [9.17, 15) is 9.59 Å². The largest absolute Gasteiger partial charge is 0.492 e. The van der Waals surface area contributed by atoms with Crippen LogP contribution >= 0.6 is 0 Å². The van der Waals surface area contributed by atoms with Crippen molar-refractivity contribution in [2.45, 2.75) is 32.1 Å². The molecule has 0 bridgehead atoms. The lowest BCUT2D eigenvalue weighted by Crippen LogP contribution is -2.35. The Balaban J connectivity index is 0.00000282. The number of carbonyl (C=O) groups is 2. The van der Waals surface area contributed by atoms with E-state index in [1.807, 2.05) is 19.1 Å². The zero-order valence-corrected chi connectivity index (χ0v) is 27.3. The van der Waals surface area contributed by atoms with Crippen LogP contribution in [-0.2, 0) is 22.8 Å². The summed E-state index contributed by atoms with van der Waals surface area (Å²) in [7, 11) is 4.57. The van der Waals surface area contributed by atoms with Crippen molar-refractivity contribution in [3.8, 4) is 5.75 Å². The van der Waals surface area contributed by atoms with Crippen molar-refractivity contribution in [1.82, 2.24) is 4.90 Å². The number of likely N-dealkylation sites (N-methyl/N-ethyl adjacent to an activating group) is 1. The average Bonchev–Trinajstić information content (AvgIpc) is 3.82. The fraction of sp³-hybridized carbons (Fsp3) is 0.242. The number of carbonyl (C=O) groups excluding carboxylic acids is 2. The molecule has 12 nitrogen and oxygen atoms in total. The number of rotatable bonds is 12. The smallest absolute Gasteiger partial charge is 0.255 e. The van der Waals surface area contributed by atoms with Gasteiger partial charge in [0.1, 0.15) is 5.69 Å². The number of nitrogens with one attached hydrogen (secondary N) is 3. The Labute approximate surface area is 274 Å². The van der Waals surface area contributed by atoms with E-state index in [2.05, 4.69) is 36.8 Å². The van der Waals surface area contributed by atoms with Gasteiger partial charge >= 0.3 is 0 Å². The molecule has 0 aromatic heterocycles. The number of aryl methyl sites for hydroxylation is 1. The van der Waals surface area contributed by atoms with Crippen LogP contribution in [0.2, 0.25) is 0 Å². The summed E-state index contributed by atoms with van der Waals surface area (Å²) in [6.07, 6.45) is 3.53. The number of anilines is 3. The van der Waals surface area contributed by atoms with Gasteiger partial charge in [-0.25, -0.2) is 5.84 Å². The van der Waals surface area contributed by atoms with Gasteiger partial charge in [-0.1, -0.05) is 49.9 Å². The van der Waals surface area contributed by atoms with E-state index in [-0.39, 0.29) is 28.6 Å². The molecule has 1 aliphatic rings. The number of hydrogen-bond donors (Lipinski definition) is 5. The molecule has 1 fully saturated rings. The van der Waals surface area contributed by atoms with Gasteiger partial charge in [0.05, 0.1) is 37.0 Å². The zero-order valence-electron chi connectivity index (χ0n) is 26.5. The summed E-state index contributed by atoms with van der Waals surface area (Å²) in [6.45, 7) is 7.97. The standard InChI is InChI=1S/C33H39N7O4.OS/c1-20-12-13-23(32(42)37-26-17-24(33(3)14-15-33)18-27(38-44-6)30(26)43-5)16-28(20)40(36)19-25(34)21(2)39(4)31(35)29(41)22-10-8-7-9-11-22;1-2/h7-13,16-19,35,38H,2,14-15,34,36H2,1,3-6H3,(H,37,42);/b25-19-,35-31?;. The molecule has 13 heteroatoms. The maximum atomic E-state index is 13.5. The summed E-state index contributed by atoms with van der Waals surface area (Å²) < 4.78 is 13.5. The molecule has 1 saturated carbocycles. The predicted octanol–water partition coefficient (Wildman–Crippen LogP) is 4.73. The number of hydrazine groups is 1. The SMILES string of the molecule is C=C(/C(N)=C/N(N)c1cc(C(=O)Nc2cc(C3(C)CC3)cc(NOC)c2OC)ccc1C)N(C)C(=N)C(=O)c1ccccc1.O=S. The second-order valence-corrected chi connectivity index (χ2v) is 11.0. The molecular formula is C33H39N7O5S. The number of ketones is 1. The number of nitrogens with zero attached hydrogens (tertiary/aromatic N) is 2. The summed E-state index contributed by atoms with van der Waals surface area (Å²) in [5, 5.41) is 12.6. The Morgan fingerprint density at radius 1 is 1.04 bits per heavy atom. The van der Waals surface area contributed by atoms with Crippen LogP contribution in [0, 0.1) is 12.3 Å². The Morgan fingerprint density at radius 3 is 2.26 bits per heavy atom. The highest BCUT2D eigenvalue weighted by atomic mass is 32.1. The Morgan fingerprint density at radius 2 is 1.67 bits per heavy atom. The first kappa shape index (κ1) is 35.4. The van der Waals surface area contributed by atoms with E-state index >= 15 is 0 Å². The van der Waals surface area contributed by atoms with E-state index in [0.717, 1.165) is 24.0 Å². The molecule has 0 heterocycles. The normalized spacial score (nSPS) is 13.0. The van der Waals surface area contributed by atoms with Gasteiger partial charge in [-0.15, -0.1) is 0 Å². The highest BCUT2D eigenvalue weighted by Gasteiger charge is 2.40. The number of methoxy groups -OCH3 is 1. The van der Waals surface area contributed by atoms with Gasteiger partial charge in [0.25, 0.3) is 5.91 Å². The maximum absolute atomic E-state index is 13.5. The van der Waals surface area contributed by atoms with Gasteiger partial charge in [-0.2, -0.15) is 4.21 Å². The molecule has 0 radical (unpaired) electrons. The first-order chi connectivity index (χ1) is 21.9. The number of benzene rings is 3. The van der Waals surface area contributed by atoms with Crippen LogP contribution in [0.5, 0.6) is 5.75 Å². The number of hydrogen-bond acceptors (Lipinski definition) is 11. The lowest BCUT2D eigenvalue weighted by Gasteiger charge is -2.24. The summed E-state index contributed by atoms with van der Waals surface area (Å²) in [5.41, 5.74) is 13.7. The minimum absolute atomic E-state index is 0.0324. The molecule has 0 unspecified atom stereocenters. The van der Waals surface area contributed by atoms with Crippen LogP contribution in [0.3, 0.4) is 0 Å². The number of nitrogens with two attached hydrogens (primary N) is 2. The van der Waals surface area contributed by atoms with Gasteiger partial charge in [0.2, 0.25) is 5.78 Å². The average molecular weight is 646 g/mol. The van der Waals surface area contributed by atoms with Crippen LogP contribution in [0.15, 0.2) is 84.8 Å². The van der Waals surface area contributed by atoms with Gasteiger partial charge in [0, 0.05) is 24.4 Å². The third-order valence-corrected chi connectivity index (χ3v) is 7.80. The zero-order chi connectivity index (χ0) is 34.2. The molecule has 1 aliphatic carbocycles. The van der Waals surface area contributed by atoms with Gasteiger partial charge in [-0.3, -0.25) is 30.3 Å². The summed E-state index contributed by atoms with van der Waals surface area (Å²) in [4.78, 5) is 32.7. The molecule has 0 atom stereocenters. The van der Waals surface area contributed by atoms with Crippen molar-refractivity contribution >= 4 is 47.1 Å². The Bertz CT molecular complexity index is 1660. The third-order valence-electron chi connectivity index (χ3n) is 7.80. The van der Waals surface area contributed by atoms with E-state index in [4.69, 9.17) is 30.8 Å². The van der Waals surface area contributed by atoms with Crippen LogP contribution in [0.1, 0.15) is 51.6 Å². The molecule has 242 valence electrons. The van der Waals surface area contributed by atoms with Crippen molar-refractivity contribution in [3.63, 3.8) is 0 Å². The first-order valence-electron chi connectivity index (χ1n) is 14.1. The van der Waals surface area contributed by atoms with E-state index in [0.29, 0.717) is 33.9 Å². The summed E-state index contributed by atoms with van der Waals surface area (Å²) in [5.74, 6) is 5.68. The fourth-order valence-electron chi connectivity index (χ4n) is 4.68. The number of ether oxygens (including phenoxy) is 1. The second-order valence-electron chi connectivity index (χ2n) is 11.0. The number of Topliss-reactive ketones (excluding diaryl/α,β-unsaturated/α-hetero) is 1. The van der Waals surface area contributed by atoms with Crippen molar-refractivity contribution in [1.29, 1.82) is 5.41 Å². The van der Waals surface area contributed by atoms with Crippen LogP contribution < -0.4 is 32.1 Å². The van der Waals surface area contributed by atoms with Crippen LogP contribution in [0.25, 0.3) is 0 Å². The van der Waals surface area contributed by atoms with Crippen molar-refractivity contribution in [2.24, 2.45) is 11.6 Å². The highest BCUT2D eigenvalue weighted by Crippen LogP contribution is 2.50. The van der Waals surface area contributed by atoms with Gasteiger partial charge in [0.15, 0.2) is 24.1 Å². The molecule has 4 rings (SSSR count). The molecule has 1 amide bonds. The van der Waals surface area contributed by atoms with Crippen molar-refractivity contribution in [3.05, 3.63) is 107 Å². The molecule has 7 N–H and O–H groups in total. The van der Waals surface area contributed by atoms with Gasteiger partial charge < -0.3 is 20.7 Å². The summed E-state index contributed by atoms with van der Waals surface area (Å²) in [6, 6.07) is 17.5. The minimum atomic E-state index is -0.472. The Hall–Kier alpha value is -5.11. The van der Waals surface area contributed by atoms with E-state index in [1.165, 1.54) is 37.4 Å². The monoisotopic (exact) mass is 645 g/mol. The molecule has 3 aromatic carbocycles. The van der Waals surface area contributed by atoms with Crippen LogP contribution in [-0.4, -0.2) is 47.9 Å². The lowest BCUT2D eigenvalue weighted by atomic mass is 9.96. The second kappa shape index (κ2) is 15.3. The lowest BCUT2D eigenvalue weighted by molar-refractivity contribution is 0.102. The van der Waals surface area contributed by atoms with E-state index in [1.54, 1.807) is 48.5 Å². The number of amidine groups is 1. The molecule has 46 heavy (non-hydrogen) atoms. The van der Waals surface area contributed by atoms with E-state index < -0.39 is 5.78 Å². The first-order valence-corrected chi connectivity index (χ1v) is 14.5. The molecule has 0 saturated heterocycles. The predicted molar refractivity (Wildman–Crippen MR) is 182 cm³/mol. The van der Waals surface area contributed by atoms with Crippen LogP contribution in [0.4, 0.5) is 17.1 Å². The van der Waals surface area contributed by atoms with Gasteiger partial charge in [-0.05, 0) is 60.6 Å². The van der Waals surface area contributed by atoms with Crippen molar-refractivity contribution in [2.75, 3.05) is 37.1 Å². The molecule has 0 spiro atoms. The highest BCUT2D eigenvalue weighted by molar-refractivity contribution is 7.44. The quantitative estimate of drug-likeness (QED) is 0.0460. The Kier molecular flexibility index (Phi) is 11.7. The molecular weight excluding hydrogens is 606 g/mol.